The molecule has 1 saturated heterocycles. The lowest BCUT2D eigenvalue weighted by Crippen LogP contribution is -2.59. The molecule has 0 radical (unpaired) electrons. The molecule has 0 bridgehead atoms. The van der Waals surface area contributed by atoms with Gasteiger partial charge >= 0.3 is 5.97 Å². The van der Waals surface area contributed by atoms with Gasteiger partial charge in [0.2, 0.25) is 0 Å². The van der Waals surface area contributed by atoms with Gasteiger partial charge in [-0.3, -0.25) is 19.5 Å². The second kappa shape index (κ2) is 7.59. The minimum atomic E-state index is -0.843. The summed E-state index contributed by atoms with van der Waals surface area (Å²) in [6.07, 6.45) is 3.54. The summed E-state index contributed by atoms with van der Waals surface area (Å²) in [5.74, 6) is -0.524. The Morgan fingerprint density at radius 1 is 1.36 bits per heavy atom. The number of carbonyl (C=O) groups excluding carboxylic acids is 2. The summed E-state index contributed by atoms with van der Waals surface area (Å²) in [4.78, 5) is 31.9. The van der Waals surface area contributed by atoms with Gasteiger partial charge in [-0.05, 0) is 30.7 Å². The van der Waals surface area contributed by atoms with Gasteiger partial charge in [0.15, 0.2) is 0 Å². The molecule has 0 unspecified atom stereocenters. The van der Waals surface area contributed by atoms with E-state index in [1.807, 2.05) is 24.4 Å². The number of aromatic nitrogens is 1. The number of hydrogen-bond acceptors (Lipinski definition) is 6. The largest absolute Gasteiger partial charge is 0.490 e. The number of benzene rings is 1. The zero-order valence-corrected chi connectivity index (χ0v) is 15.8. The van der Waals surface area contributed by atoms with Crippen LogP contribution < -0.4 is 10.1 Å². The topological polar surface area (TPSA) is 80.8 Å². The standard InChI is InChI=1S/C21H23N3O4/c1-2-27-20(26)17-12-24(11-15-6-5-9-22-10-15)13-21(17)14-28-18-8-4-3-7-16(18)19(25)23-21/h3-10,17H,2,11-14H2,1H3,(H,23,25)/t17-,21-/m0/s1. The summed E-state index contributed by atoms with van der Waals surface area (Å²) in [5, 5.41) is 3.09. The molecule has 3 heterocycles. The van der Waals surface area contributed by atoms with Gasteiger partial charge in [-0.15, -0.1) is 0 Å². The molecule has 7 nitrogen and oxygen atoms in total. The molecule has 4 rings (SSSR count). The lowest BCUT2D eigenvalue weighted by molar-refractivity contribution is -0.150. The first-order chi connectivity index (χ1) is 13.6. The van der Waals surface area contributed by atoms with Crippen molar-refractivity contribution >= 4 is 11.9 Å². The molecule has 1 aromatic heterocycles. The summed E-state index contributed by atoms with van der Waals surface area (Å²) in [7, 11) is 0. The molecular formula is C21H23N3O4. The van der Waals surface area contributed by atoms with E-state index in [9.17, 15) is 9.59 Å². The molecule has 2 atom stereocenters. The molecule has 146 valence electrons. The van der Waals surface area contributed by atoms with Crippen molar-refractivity contribution in [2.24, 2.45) is 5.92 Å². The Balaban J connectivity index is 1.62. The van der Waals surface area contributed by atoms with Gasteiger partial charge in [0.25, 0.3) is 5.91 Å². The number of esters is 1. The first-order valence-corrected chi connectivity index (χ1v) is 9.43. The Hall–Kier alpha value is -2.93. The maximum absolute atomic E-state index is 12.9. The SMILES string of the molecule is CCOC(=O)[C@@H]1CN(Cc2cccnc2)C[C@]12COc1ccccc1C(=O)N2. The van der Waals surface area contributed by atoms with Gasteiger partial charge in [0.05, 0.1) is 18.1 Å². The highest BCUT2D eigenvalue weighted by Crippen LogP contribution is 2.34. The van der Waals surface area contributed by atoms with Crippen LogP contribution in [0.1, 0.15) is 22.8 Å². The van der Waals surface area contributed by atoms with E-state index in [0.717, 1.165) is 5.56 Å². The first-order valence-electron chi connectivity index (χ1n) is 9.43. The zero-order valence-electron chi connectivity index (χ0n) is 15.8. The number of nitrogens with one attached hydrogen (secondary N) is 1. The van der Waals surface area contributed by atoms with E-state index in [1.54, 1.807) is 31.3 Å². The summed E-state index contributed by atoms with van der Waals surface area (Å²) in [6.45, 7) is 3.89. The van der Waals surface area contributed by atoms with Crippen LogP contribution >= 0.6 is 0 Å². The number of rotatable bonds is 4. The normalized spacial score (nSPS) is 24.2. The Labute approximate surface area is 163 Å². The quantitative estimate of drug-likeness (QED) is 0.811. The lowest BCUT2D eigenvalue weighted by atomic mass is 9.87. The van der Waals surface area contributed by atoms with Crippen LogP contribution in [0.5, 0.6) is 5.75 Å². The van der Waals surface area contributed by atoms with Crippen LogP contribution in [0.4, 0.5) is 0 Å². The van der Waals surface area contributed by atoms with Crippen LogP contribution in [0.2, 0.25) is 0 Å². The molecule has 2 aromatic rings. The van der Waals surface area contributed by atoms with E-state index in [1.165, 1.54) is 0 Å². The van der Waals surface area contributed by atoms with Crippen molar-refractivity contribution in [1.29, 1.82) is 0 Å². The molecule has 2 aliphatic heterocycles. The average molecular weight is 381 g/mol. The van der Waals surface area contributed by atoms with E-state index in [0.29, 0.717) is 37.6 Å². The van der Waals surface area contributed by atoms with Crippen molar-refractivity contribution in [3.8, 4) is 5.75 Å². The first kappa shape index (κ1) is 18.4. The van der Waals surface area contributed by atoms with E-state index in [2.05, 4.69) is 15.2 Å². The van der Waals surface area contributed by atoms with Crippen molar-refractivity contribution in [2.75, 3.05) is 26.3 Å². The van der Waals surface area contributed by atoms with E-state index < -0.39 is 11.5 Å². The third-order valence-corrected chi connectivity index (χ3v) is 5.29. The fraction of sp³-hybridized carbons (Fsp3) is 0.381. The van der Waals surface area contributed by atoms with Crippen LogP contribution in [0.3, 0.4) is 0 Å². The van der Waals surface area contributed by atoms with Gasteiger partial charge in [-0.2, -0.15) is 0 Å². The molecule has 7 heteroatoms. The smallest absolute Gasteiger partial charge is 0.312 e. The number of amides is 1. The van der Waals surface area contributed by atoms with E-state index >= 15 is 0 Å². The predicted octanol–water partition coefficient (Wildman–Crippen LogP) is 1.64. The monoisotopic (exact) mass is 381 g/mol. The third kappa shape index (κ3) is 3.45. The van der Waals surface area contributed by atoms with Crippen molar-refractivity contribution in [3.63, 3.8) is 0 Å². The molecule has 1 amide bonds. The summed E-state index contributed by atoms with van der Waals surface area (Å²) in [5.41, 5.74) is 0.684. The number of ether oxygens (including phenoxy) is 2. The molecular weight excluding hydrogens is 358 g/mol. The second-order valence-electron chi connectivity index (χ2n) is 7.23. The molecule has 0 aliphatic carbocycles. The summed E-state index contributed by atoms with van der Waals surface area (Å²) >= 11 is 0. The highest BCUT2D eigenvalue weighted by Gasteiger charge is 2.53. The van der Waals surface area contributed by atoms with Gasteiger partial charge in [0.1, 0.15) is 17.9 Å². The van der Waals surface area contributed by atoms with E-state index in [-0.39, 0.29) is 18.5 Å². The summed E-state index contributed by atoms with van der Waals surface area (Å²) in [6, 6.07) is 11.0. The fourth-order valence-electron chi connectivity index (χ4n) is 4.01. The maximum atomic E-state index is 12.9. The van der Waals surface area contributed by atoms with Crippen LogP contribution in [0, 0.1) is 5.92 Å². The van der Waals surface area contributed by atoms with E-state index in [4.69, 9.17) is 9.47 Å². The highest BCUT2D eigenvalue weighted by atomic mass is 16.5. The van der Waals surface area contributed by atoms with Crippen LogP contribution in [0.15, 0.2) is 48.8 Å². The van der Waals surface area contributed by atoms with Crippen LogP contribution in [-0.4, -0.2) is 53.6 Å². The molecule has 2 aliphatic rings. The van der Waals surface area contributed by atoms with Crippen molar-refractivity contribution in [1.82, 2.24) is 15.2 Å². The van der Waals surface area contributed by atoms with Gasteiger partial charge in [0, 0.05) is 32.0 Å². The number of carbonyl (C=O) groups is 2. The lowest BCUT2D eigenvalue weighted by Gasteiger charge is -2.32. The number of para-hydroxylation sites is 1. The van der Waals surface area contributed by atoms with Crippen LogP contribution in [0.25, 0.3) is 0 Å². The van der Waals surface area contributed by atoms with Crippen LogP contribution in [-0.2, 0) is 16.1 Å². The highest BCUT2D eigenvalue weighted by molar-refractivity contribution is 5.98. The van der Waals surface area contributed by atoms with Gasteiger partial charge < -0.3 is 14.8 Å². The maximum Gasteiger partial charge on any atom is 0.312 e. The fourth-order valence-corrected chi connectivity index (χ4v) is 4.01. The van der Waals surface area contributed by atoms with Gasteiger partial charge in [-0.1, -0.05) is 18.2 Å². The average Bonchev–Trinajstić information content (AvgIpc) is 2.98. The molecule has 0 saturated carbocycles. The minimum Gasteiger partial charge on any atom is -0.490 e. The molecule has 1 N–H and O–H groups in total. The minimum absolute atomic E-state index is 0.211. The van der Waals surface area contributed by atoms with Crippen molar-refractivity contribution in [2.45, 2.75) is 19.0 Å². The number of fused-ring (bicyclic) bond motifs is 1. The number of pyridine rings is 1. The van der Waals surface area contributed by atoms with Crippen molar-refractivity contribution in [3.05, 3.63) is 59.9 Å². The Kier molecular flexibility index (Phi) is 5.00. The van der Waals surface area contributed by atoms with Gasteiger partial charge in [-0.25, -0.2) is 0 Å². The number of hydrogen-bond donors (Lipinski definition) is 1. The van der Waals surface area contributed by atoms with Crippen molar-refractivity contribution < 1.29 is 19.1 Å². The molecule has 1 aromatic carbocycles. The molecule has 1 fully saturated rings. The Morgan fingerprint density at radius 2 is 2.21 bits per heavy atom. The molecule has 28 heavy (non-hydrogen) atoms. The zero-order chi connectivity index (χ0) is 19.6. The second-order valence-corrected chi connectivity index (χ2v) is 7.23. The third-order valence-electron chi connectivity index (χ3n) is 5.29. The number of nitrogens with zero attached hydrogens (tertiary/aromatic N) is 2. The summed E-state index contributed by atoms with van der Waals surface area (Å²) < 4.78 is 11.3. The Bertz CT molecular complexity index is 873. The number of likely N-dealkylation sites (tertiary alicyclic amines) is 1. The molecule has 1 spiro atoms. The Morgan fingerprint density at radius 3 is 3.00 bits per heavy atom. The predicted molar refractivity (Wildman–Crippen MR) is 102 cm³/mol.